The van der Waals surface area contributed by atoms with Crippen LogP contribution < -0.4 is 0 Å². The van der Waals surface area contributed by atoms with Crippen LogP contribution in [0.1, 0.15) is 0 Å². The Balaban J connectivity index is 8.23. The van der Waals surface area contributed by atoms with Gasteiger partial charge in [-0.05, 0) is 0 Å². The van der Waals surface area contributed by atoms with E-state index in [1.807, 2.05) is 0 Å². The minimum atomic E-state index is -9.50. The molecule has 1 N–H and O–H groups in total. The highest BCUT2D eigenvalue weighted by molar-refractivity contribution is 7.80. The van der Waals surface area contributed by atoms with E-state index >= 15 is 0 Å². The molecule has 0 fully saturated rings. The van der Waals surface area contributed by atoms with Gasteiger partial charge < -0.3 is 5.11 Å². The number of carboxylic acids is 1. The van der Waals surface area contributed by atoms with Crippen LogP contribution in [0, 0.1) is 0 Å². The number of hydrogen-bond acceptors (Lipinski definition) is 2. The lowest BCUT2D eigenvalue weighted by atomic mass is 9.84. The summed E-state index contributed by atoms with van der Waals surface area (Å²) < 4.78 is 346. The van der Waals surface area contributed by atoms with E-state index in [1.54, 1.807) is 0 Å². The molecular weight excluding hydrogens is 752 g/mol. The normalized spacial score (nSPS) is 16.4. The summed E-state index contributed by atoms with van der Waals surface area (Å²) in [4.78, 5) is 6.06. The Morgan fingerprint density at radius 1 is 0.489 bits per heavy atom. The van der Waals surface area contributed by atoms with Gasteiger partial charge in [-0.1, -0.05) is 16.7 Å². The number of rotatable bonds is 10. The summed E-state index contributed by atoms with van der Waals surface area (Å²) in [5.74, 6) is -67.3. The van der Waals surface area contributed by atoms with Crippen molar-refractivity contribution in [1.82, 2.24) is 5.12 Å². The van der Waals surface area contributed by atoms with Gasteiger partial charge in [0.15, 0.2) is 10.6 Å². The lowest BCUT2D eigenvalue weighted by Gasteiger charge is -2.42. The van der Waals surface area contributed by atoms with Gasteiger partial charge >= 0.3 is 72.0 Å². The van der Waals surface area contributed by atoms with Crippen molar-refractivity contribution < 1.29 is 124 Å². The Morgan fingerprint density at radius 3 is 1.09 bits per heavy atom. The van der Waals surface area contributed by atoms with Crippen molar-refractivity contribution in [3.05, 3.63) is 11.1 Å². The van der Waals surface area contributed by atoms with Gasteiger partial charge in [-0.3, -0.25) is 0 Å². The van der Waals surface area contributed by atoms with Crippen LogP contribution in [0.3, 0.4) is 0 Å². The molecule has 0 bridgehead atoms. The fraction of sp³-hybridized carbons (Fsp3) is 0.733. The fourth-order valence-corrected chi connectivity index (χ4v) is 2.68. The predicted octanol–water partition coefficient (Wildman–Crippen LogP) is 8.61. The van der Waals surface area contributed by atoms with Gasteiger partial charge in [0.25, 0.3) is 0 Å². The third-order valence-corrected chi connectivity index (χ3v) is 5.15. The average molecular weight is 753 g/mol. The number of nitrogens with zero attached hydrogens (tertiary/aromatic N) is 1. The summed E-state index contributed by atoms with van der Waals surface area (Å²) in [6, 6.07) is -8.58. The van der Waals surface area contributed by atoms with Crippen LogP contribution in [0.5, 0.6) is 0 Å². The van der Waals surface area contributed by atoms with Crippen molar-refractivity contribution in [3.8, 4) is 0 Å². The summed E-state index contributed by atoms with van der Waals surface area (Å²) in [5, 5.41) is 3.95. The average Bonchev–Trinajstić information content (AvgIpc) is 2.77. The molecule has 0 saturated carbocycles. The number of aliphatic carboxylic acids is 1. The molecule has 0 aromatic heterocycles. The number of hydrogen-bond donors (Lipinski definition) is 1. The SMILES string of the molecule is O=C(O)C(=C(C(F)(F)C(F)(F)N(F)C(=S)C(F)(F)C(F)(F)F)C(F)(F)C(F)(F)C(F)(F)C(F)(F)C(F)(F)C(F)(F)F)C(F)(F)F. The molecule has 30 heteroatoms. The van der Waals surface area contributed by atoms with E-state index in [0.29, 0.717) is 0 Å². The van der Waals surface area contributed by atoms with E-state index in [0.717, 1.165) is 0 Å². The number of halogens is 26. The Morgan fingerprint density at radius 2 is 0.822 bits per heavy atom. The first kappa shape index (κ1) is 42.3. The minimum Gasteiger partial charge on any atom is -0.478 e. The smallest absolute Gasteiger partial charge is 0.460 e. The van der Waals surface area contributed by atoms with Crippen molar-refractivity contribution in [2.75, 3.05) is 0 Å². The van der Waals surface area contributed by atoms with Crippen LogP contribution in [0.4, 0.5) is 114 Å². The maximum Gasteiger partial charge on any atom is 0.460 e. The molecular formula is C15HF26NO2S. The highest BCUT2D eigenvalue weighted by Gasteiger charge is 2.92. The molecule has 45 heavy (non-hydrogen) atoms. The molecule has 0 atom stereocenters. The number of alkyl halides is 25. The van der Waals surface area contributed by atoms with Crippen LogP contribution in [0.15, 0.2) is 11.1 Å². The summed E-state index contributed by atoms with van der Waals surface area (Å²) in [5.41, 5.74) is -11.9. The minimum absolute atomic E-state index is 2.67. The van der Waals surface area contributed by atoms with Gasteiger partial charge in [0, 0.05) is 0 Å². The second kappa shape index (κ2) is 10.9. The van der Waals surface area contributed by atoms with Crippen molar-refractivity contribution in [2.24, 2.45) is 0 Å². The Labute approximate surface area is 230 Å². The highest BCUT2D eigenvalue weighted by Crippen LogP contribution is 2.64. The highest BCUT2D eigenvalue weighted by atomic mass is 32.1. The zero-order valence-corrected chi connectivity index (χ0v) is 19.9. The molecule has 0 rings (SSSR count). The number of carbonyl (C=O) groups is 1. The van der Waals surface area contributed by atoms with Crippen LogP contribution >= 0.6 is 12.2 Å². The molecule has 0 amide bonds. The van der Waals surface area contributed by atoms with Crippen molar-refractivity contribution >= 4 is 23.2 Å². The van der Waals surface area contributed by atoms with Gasteiger partial charge in [-0.25, -0.2) is 4.79 Å². The van der Waals surface area contributed by atoms with Gasteiger partial charge in [0.1, 0.15) is 5.57 Å². The third kappa shape index (κ3) is 6.09. The van der Waals surface area contributed by atoms with Gasteiger partial charge in [-0.2, -0.15) is 110 Å². The molecule has 0 aromatic rings. The Kier molecular flexibility index (Phi) is 10.3. The molecule has 266 valence electrons. The van der Waals surface area contributed by atoms with Crippen LogP contribution in [0.25, 0.3) is 0 Å². The Hall–Kier alpha value is -2.72. The van der Waals surface area contributed by atoms with E-state index in [9.17, 15) is 119 Å². The molecule has 0 saturated heterocycles. The monoisotopic (exact) mass is 753 g/mol. The van der Waals surface area contributed by atoms with Crippen molar-refractivity contribution in [1.29, 1.82) is 0 Å². The molecule has 0 heterocycles. The largest absolute Gasteiger partial charge is 0.478 e. The lowest BCUT2D eigenvalue weighted by molar-refractivity contribution is -0.439. The first-order valence-corrected chi connectivity index (χ1v) is 9.63. The topological polar surface area (TPSA) is 40.5 Å². The molecule has 3 nitrogen and oxygen atoms in total. The second-order valence-corrected chi connectivity index (χ2v) is 8.08. The van der Waals surface area contributed by atoms with Gasteiger partial charge in [0.05, 0.1) is 0 Å². The van der Waals surface area contributed by atoms with E-state index in [1.165, 1.54) is 0 Å². The van der Waals surface area contributed by atoms with E-state index in [-0.39, 0.29) is 0 Å². The maximum atomic E-state index is 14.4. The number of thiocarbonyl (C=S) groups is 1. The van der Waals surface area contributed by atoms with Crippen LogP contribution in [0.2, 0.25) is 0 Å². The van der Waals surface area contributed by atoms with Gasteiger partial charge in [-0.15, -0.1) is 5.12 Å². The van der Waals surface area contributed by atoms with Crippen molar-refractivity contribution in [2.45, 2.75) is 66.0 Å². The molecule has 0 spiro atoms. The molecule has 0 unspecified atom stereocenters. The summed E-state index contributed by atoms with van der Waals surface area (Å²) in [6.07, 6.45) is -23.7. The first-order valence-electron chi connectivity index (χ1n) is 9.22. The second-order valence-electron chi connectivity index (χ2n) is 7.70. The molecule has 0 aromatic carbocycles. The quantitative estimate of drug-likeness (QED) is 0.0799. The molecule has 0 aliphatic rings. The van der Waals surface area contributed by atoms with E-state index in [2.05, 4.69) is 12.2 Å². The van der Waals surface area contributed by atoms with E-state index in [4.69, 9.17) is 5.11 Å². The van der Waals surface area contributed by atoms with Gasteiger partial charge in [0.2, 0.25) is 0 Å². The summed E-state index contributed by atoms with van der Waals surface area (Å²) >= 11 is 2.67. The summed E-state index contributed by atoms with van der Waals surface area (Å²) in [7, 11) is 0. The third-order valence-electron chi connectivity index (χ3n) is 4.74. The predicted molar refractivity (Wildman–Crippen MR) is 87.9 cm³/mol. The Bertz CT molecular complexity index is 1190. The van der Waals surface area contributed by atoms with E-state index < -0.39 is 93.3 Å². The molecule has 0 aliphatic heterocycles. The van der Waals surface area contributed by atoms with Crippen molar-refractivity contribution in [3.63, 3.8) is 0 Å². The zero-order chi connectivity index (χ0) is 37.4. The molecule has 0 aliphatic carbocycles. The van der Waals surface area contributed by atoms with Crippen LogP contribution in [-0.2, 0) is 4.79 Å². The zero-order valence-electron chi connectivity index (χ0n) is 19.0. The lowest BCUT2D eigenvalue weighted by Crippen LogP contribution is -2.72. The van der Waals surface area contributed by atoms with Crippen LogP contribution in [-0.4, -0.2) is 87.2 Å². The fourth-order valence-electron chi connectivity index (χ4n) is 2.45. The summed E-state index contributed by atoms with van der Waals surface area (Å²) in [6.45, 7) is 0. The number of carboxylic acid groups (broad SMARTS) is 1. The first-order chi connectivity index (χ1) is 19.0. The molecule has 0 radical (unpaired) electrons. The maximum absolute atomic E-state index is 14.4. The standard InChI is InChI=1S/C15HF26NO2S/c16-5(17,9(25,26)10(27,28)11(29,30)12(31,32)14(36,37)38)2(1(3(43)44)8(22,23)24)6(18,19)15(39,40)42(41)4(45)7(20,21)13(33,34)35/h(H,43,44).